The highest BCUT2D eigenvalue weighted by atomic mass is 16.5. The van der Waals surface area contributed by atoms with E-state index in [-0.39, 0.29) is 28.4 Å². The van der Waals surface area contributed by atoms with Gasteiger partial charge in [-0.2, -0.15) is 0 Å². The molecule has 0 saturated carbocycles. The lowest BCUT2D eigenvalue weighted by molar-refractivity contribution is 0.0733. The number of amides is 1. The molecule has 0 aliphatic heterocycles. The van der Waals surface area contributed by atoms with E-state index in [1.807, 2.05) is 34.6 Å². The van der Waals surface area contributed by atoms with Crippen LogP contribution in [0, 0.1) is 5.92 Å². The zero-order chi connectivity index (χ0) is 26.2. The Bertz CT molecular complexity index is 1270. The van der Waals surface area contributed by atoms with Crippen LogP contribution in [0.25, 0.3) is 11.0 Å². The number of carbonyl (C=O) groups excluding carboxylic acids is 2. The molecule has 1 heterocycles. The van der Waals surface area contributed by atoms with Gasteiger partial charge in [0, 0.05) is 18.0 Å². The summed E-state index contributed by atoms with van der Waals surface area (Å²) >= 11 is 0. The summed E-state index contributed by atoms with van der Waals surface area (Å²) in [4.78, 5) is 37.7. The summed E-state index contributed by atoms with van der Waals surface area (Å²) < 4.78 is 27.8. The Morgan fingerprint density at radius 3 is 2.14 bits per heavy atom. The minimum Gasteiger partial charge on any atom is -0.490 e. The second-order valence-corrected chi connectivity index (χ2v) is 8.24. The highest BCUT2D eigenvalue weighted by molar-refractivity contribution is 5.97. The summed E-state index contributed by atoms with van der Waals surface area (Å²) in [6, 6.07) is 9.10. The molecule has 3 aromatic rings. The van der Waals surface area contributed by atoms with E-state index in [9.17, 15) is 14.4 Å². The number of hydrogen-bond acceptors (Lipinski definition) is 8. The molecule has 1 N–H and O–H groups in total. The predicted molar refractivity (Wildman–Crippen MR) is 135 cm³/mol. The van der Waals surface area contributed by atoms with Gasteiger partial charge in [-0.25, -0.2) is 9.59 Å². The SMILES string of the molecule is CCOc1cc(C(=O)Oc2ccc3cc(C(=O)NCC(C)C)c(=O)oc3c2)cc(OCC)c1OCC. The molecule has 1 amide bonds. The Morgan fingerprint density at radius 2 is 1.56 bits per heavy atom. The van der Waals surface area contributed by atoms with Gasteiger partial charge < -0.3 is 28.7 Å². The van der Waals surface area contributed by atoms with Crippen molar-refractivity contribution < 1.29 is 33.0 Å². The number of nitrogens with one attached hydrogen (secondary N) is 1. The van der Waals surface area contributed by atoms with Gasteiger partial charge in [0.1, 0.15) is 16.9 Å². The third-order valence-corrected chi connectivity index (χ3v) is 4.98. The number of esters is 1. The molecule has 0 fully saturated rings. The zero-order valence-corrected chi connectivity index (χ0v) is 21.1. The average molecular weight is 498 g/mol. The van der Waals surface area contributed by atoms with Crippen molar-refractivity contribution >= 4 is 22.8 Å². The van der Waals surface area contributed by atoms with Crippen LogP contribution in [-0.2, 0) is 0 Å². The van der Waals surface area contributed by atoms with Gasteiger partial charge in [-0.3, -0.25) is 4.79 Å². The van der Waals surface area contributed by atoms with E-state index in [2.05, 4.69) is 5.32 Å². The van der Waals surface area contributed by atoms with E-state index >= 15 is 0 Å². The summed E-state index contributed by atoms with van der Waals surface area (Å²) in [5, 5.41) is 3.22. The number of benzene rings is 2. The van der Waals surface area contributed by atoms with Crippen LogP contribution in [0.4, 0.5) is 0 Å². The van der Waals surface area contributed by atoms with Crippen LogP contribution < -0.4 is 29.9 Å². The molecule has 0 bridgehead atoms. The van der Waals surface area contributed by atoms with Gasteiger partial charge >= 0.3 is 11.6 Å². The van der Waals surface area contributed by atoms with E-state index in [4.69, 9.17) is 23.4 Å². The molecule has 0 spiro atoms. The van der Waals surface area contributed by atoms with Gasteiger partial charge in [-0.15, -0.1) is 0 Å². The second kappa shape index (κ2) is 12.1. The molecule has 36 heavy (non-hydrogen) atoms. The monoisotopic (exact) mass is 497 g/mol. The molecule has 192 valence electrons. The quantitative estimate of drug-likeness (QED) is 0.232. The summed E-state index contributed by atoms with van der Waals surface area (Å²) in [6.45, 7) is 11.0. The van der Waals surface area contributed by atoms with E-state index in [0.29, 0.717) is 49.0 Å². The normalized spacial score (nSPS) is 10.8. The van der Waals surface area contributed by atoms with E-state index in [0.717, 1.165) is 0 Å². The van der Waals surface area contributed by atoms with Crippen LogP contribution in [0.3, 0.4) is 0 Å². The van der Waals surface area contributed by atoms with Crippen molar-refractivity contribution in [2.75, 3.05) is 26.4 Å². The highest BCUT2D eigenvalue weighted by Gasteiger charge is 2.20. The summed E-state index contributed by atoms with van der Waals surface area (Å²) in [7, 11) is 0. The maximum absolute atomic E-state index is 13.0. The smallest absolute Gasteiger partial charge is 0.349 e. The van der Waals surface area contributed by atoms with Gasteiger partial charge in [0.15, 0.2) is 11.5 Å². The van der Waals surface area contributed by atoms with Crippen LogP contribution in [-0.4, -0.2) is 38.2 Å². The summed E-state index contributed by atoms with van der Waals surface area (Å²) in [5.41, 5.74) is -0.484. The molecule has 9 heteroatoms. The number of carbonyl (C=O) groups is 2. The third kappa shape index (κ3) is 6.35. The molecule has 0 aliphatic carbocycles. The number of ether oxygens (including phenoxy) is 4. The molecule has 0 radical (unpaired) electrons. The third-order valence-electron chi connectivity index (χ3n) is 4.98. The van der Waals surface area contributed by atoms with Crippen LogP contribution >= 0.6 is 0 Å². The Balaban J connectivity index is 1.88. The lowest BCUT2D eigenvalue weighted by atomic mass is 10.1. The standard InChI is InChI=1S/C27H31NO8/c1-6-32-22-12-18(13-23(33-7-2)24(22)34-8-3)26(30)35-19-10-9-17-11-20(25(29)28-15-16(4)5)27(31)36-21(17)14-19/h9-14,16H,6-8,15H2,1-5H3,(H,28,29). The van der Waals surface area contributed by atoms with Gasteiger partial charge in [0.2, 0.25) is 5.75 Å². The van der Waals surface area contributed by atoms with Crippen molar-refractivity contribution in [2.45, 2.75) is 34.6 Å². The molecular weight excluding hydrogens is 466 g/mol. The van der Waals surface area contributed by atoms with Crippen LogP contribution in [0.15, 0.2) is 45.6 Å². The van der Waals surface area contributed by atoms with Gasteiger partial charge in [-0.1, -0.05) is 13.8 Å². The summed E-state index contributed by atoms with van der Waals surface area (Å²) in [6.07, 6.45) is 0. The van der Waals surface area contributed by atoms with E-state index in [1.165, 1.54) is 24.3 Å². The van der Waals surface area contributed by atoms with E-state index in [1.54, 1.807) is 12.1 Å². The first-order valence-corrected chi connectivity index (χ1v) is 11.9. The van der Waals surface area contributed by atoms with Gasteiger partial charge in [0.05, 0.1) is 25.4 Å². The Kier molecular flexibility index (Phi) is 8.94. The minimum absolute atomic E-state index is 0.0887. The van der Waals surface area contributed by atoms with Crippen LogP contribution in [0.2, 0.25) is 0 Å². The van der Waals surface area contributed by atoms with Crippen molar-refractivity contribution in [1.82, 2.24) is 5.32 Å². The fourth-order valence-electron chi connectivity index (χ4n) is 3.38. The molecular formula is C27H31NO8. The maximum atomic E-state index is 13.0. The predicted octanol–water partition coefficient (Wildman–Crippen LogP) is 4.59. The molecule has 2 aromatic carbocycles. The first-order valence-electron chi connectivity index (χ1n) is 11.9. The Morgan fingerprint density at radius 1 is 0.917 bits per heavy atom. The zero-order valence-electron chi connectivity index (χ0n) is 21.1. The van der Waals surface area contributed by atoms with Crippen molar-refractivity contribution in [2.24, 2.45) is 5.92 Å². The van der Waals surface area contributed by atoms with Crippen LogP contribution in [0.1, 0.15) is 55.3 Å². The topological polar surface area (TPSA) is 113 Å². The van der Waals surface area contributed by atoms with Gasteiger partial charge in [0.25, 0.3) is 5.91 Å². The molecule has 0 atom stereocenters. The second-order valence-electron chi connectivity index (χ2n) is 8.24. The number of rotatable bonds is 11. The fraction of sp³-hybridized carbons (Fsp3) is 0.370. The van der Waals surface area contributed by atoms with Crippen molar-refractivity contribution in [3.05, 3.63) is 57.9 Å². The summed E-state index contributed by atoms with van der Waals surface area (Å²) in [5.74, 6) is 0.390. The first-order chi connectivity index (χ1) is 17.3. The fourth-order valence-corrected chi connectivity index (χ4v) is 3.38. The first kappa shape index (κ1) is 26.6. The lowest BCUT2D eigenvalue weighted by Gasteiger charge is -2.16. The Hall–Kier alpha value is -4.01. The van der Waals surface area contributed by atoms with Gasteiger partial charge in [-0.05, 0) is 57.0 Å². The van der Waals surface area contributed by atoms with Crippen molar-refractivity contribution in [1.29, 1.82) is 0 Å². The molecule has 0 aliphatic rings. The average Bonchev–Trinajstić information content (AvgIpc) is 2.84. The van der Waals surface area contributed by atoms with Crippen LogP contribution in [0.5, 0.6) is 23.0 Å². The highest BCUT2D eigenvalue weighted by Crippen LogP contribution is 2.39. The van der Waals surface area contributed by atoms with E-state index < -0.39 is 17.5 Å². The minimum atomic E-state index is -0.776. The lowest BCUT2D eigenvalue weighted by Crippen LogP contribution is -2.31. The number of hydrogen-bond donors (Lipinski definition) is 1. The maximum Gasteiger partial charge on any atom is 0.349 e. The van der Waals surface area contributed by atoms with Crippen molar-refractivity contribution in [3.8, 4) is 23.0 Å². The Labute approximate surface area is 209 Å². The largest absolute Gasteiger partial charge is 0.490 e. The molecule has 9 nitrogen and oxygen atoms in total. The molecule has 0 saturated heterocycles. The molecule has 3 rings (SSSR count). The number of fused-ring (bicyclic) bond motifs is 1. The van der Waals surface area contributed by atoms with Crippen molar-refractivity contribution in [3.63, 3.8) is 0 Å². The molecule has 0 unspecified atom stereocenters. The molecule has 1 aromatic heterocycles.